The fraction of sp³-hybridized carbons (Fsp3) is 0.533. The lowest BCUT2D eigenvalue weighted by atomic mass is 9.93. The first-order chi connectivity index (χ1) is 11.1. The van der Waals surface area contributed by atoms with Gasteiger partial charge in [-0.3, -0.25) is 4.79 Å². The van der Waals surface area contributed by atoms with Gasteiger partial charge in [0.1, 0.15) is 12.2 Å². The molecular formula is C15H18N4O4. The molecule has 1 aromatic rings. The molecular weight excluding hydrogens is 300 g/mol. The third-order valence-electron chi connectivity index (χ3n) is 3.52. The molecule has 23 heavy (non-hydrogen) atoms. The Labute approximate surface area is 133 Å². The number of amides is 1. The lowest BCUT2D eigenvalue weighted by Crippen LogP contribution is -2.43. The first-order valence-corrected chi connectivity index (χ1v) is 7.49. The summed E-state index contributed by atoms with van der Waals surface area (Å²) < 4.78 is 10.4. The summed E-state index contributed by atoms with van der Waals surface area (Å²) in [5, 5.41) is 11.6. The molecule has 8 heteroatoms. The van der Waals surface area contributed by atoms with E-state index in [1.165, 1.54) is 12.4 Å². The molecule has 1 aliphatic carbocycles. The van der Waals surface area contributed by atoms with Crippen LogP contribution >= 0.6 is 0 Å². The zero-order chi connectivity index (χ0) is 16.7. The smallest absolute Gasteiger partial charge is 0.396 e. The maximum Gasteiger partial charge on any atom is 0.396 e. The summed E-state index contributed by atoms with van der Waals surface area (Å²) in [5.41, 5.74) is 0.158. The molecule has 1 aliphatic rings. The molecule has 1 saturated carbocycles. The van der Waals surface area contributed by atoms with Crippen molar-refractivity contribution in [3.05, 3.63) is 18.1 Å². The van der Waals surface area contributed by atoms with Crippen LogP contribution in [-0.4, -0.2) is 40.6 Å². The Bertz CT molecular complexity index is 606. The summed E-state index contributed by atoms with van der Waals surface area (Å²) in [5.74, 6) is -1.34. The maximum absolute atomic E-state index is 11.6. The van der Waals surface area contributed by atoms with Crippen molar-refractivity contribution in [2.45, 2.75) is 44.8 Å². The van der Waals surface area contributed by atoms with Gasteiger partial charge in [0.25, 0.3) is 5.88 Å². The molecule has 0 spiro atoms. The van der Waals surface area contributed by atoms with Crippen LogP contribution < -0.4 is 10.1 Å². The summed E-state index contributed by atoms with van der Waals surface area (Å²) in [6.45, 7) is 1.82. The fourth-order valence-electron chi connectivity index (χ4n) is 2.41. The van der Waals surface area contributed by atoms with Crippen LogP contribution in [0.2, 0.25) is 0 Å². The van der Waals surface area contributed by atoms with E-state index in [4.69, 9.17) is 10.00 Å². The molecule has 1 fully saturated rings. The van der Waals surface area contributed by atoms with E-state index in [0.29, 0.717) is 25.7 Å². The van der Waals surface area contributed by atoms with Gasteiger partial charge in [-0.2, -0.15) is 5.26 Å². The Kier molecular flexibility index (Phi) is 5.86. The van der Waals surface area contributed by atoms with Gasteiger partial charge in [0.15, 0.2) is 0 Å². The van der Waals surface area contributed by atoms with Crippen molar-refractivity contribution in [2.75, 3.05) is 6.61 Å². The first kappa shape index (κ1) is 16.7. The highest BCUT2D eigenvalue weighted by atomic mass is 16.5. The third-order valence-corrected chi connectivity index (χ3v) is 3.52. The topological polar surface area (TPSA) is 114 Å². The van der Waals surface area contributed by atoms with Gasteiger partial charge in [0, 0.05) is 18.4 Å². The second-order valence-corrected chi connectivity index (χ2v) is 5.11. The molecule has 0 saturated heterocycles. The number of carbonyl (C=O) groups excluding carboxylic acids is 2. The number of carbonyl (C=O) groups is 2. The van der Waals surface area contributed by atoms with Crippen LogP contribution in [0, 0.1) is 11.3 Å². The van der Waals surface area contributed by atoms with Gasteiger partial charge >= 0.3 is 11.9 Å². The molecule has 1 amide bonds. The summed E-state index contributed by atoms with van der Waals surface area (Å²) >= 11 is 0. The molecule has 0 atom stereocenters. The number of ether oxygens (including phenoxy) is 2. The van der Waals surface area contributed by atoms with E-state index >= 15 is 0 Å². The number of aromatic nitrogens is 2. The molecule has 0 unspecified atom stereocenters. The highest BCUT2D eigenvalue weighted by Crippen LogP contribution is 2.23. The van der Waals surface area contributed by atoms with E-state index in [1.807, 2.05) is 6.07 Å². The van der Waals surface area contributed by atoms with Gasteiger partial charge in [-0.15, -0.1) is 0 Å². The molecule has 122 valence electrons. The van der Waals surface area contributed by atoms with Crippen LogP contribution in [0.3, 0.4) is 0 Å². The lowest BCUT2D eigenvalue weighted by Gasteiger charge is -2.28. The second kappa shape index (κ2) is 8.08. The second-order valence-electron chi connectivity index (χ2n) is 5.11. The van der Waals surface area contributed by atoms with E-state index in [1.54, 1.807) is 6.92 Å². The first-order valence-electron chi connectivity index (χ1n) is 7.49. The number of nitrogens with zero attached hydrogens (tertiary/aromatic N) is 3. The Morgan fingerprint density at radius 2 is 2.00 bits per heavy atom. The maximum atomic E-state index is 11.6. The quantitative estimate of drug-likeness (QED) is 0.642. The third kappa shape index (κ3) is 4.64. The standard InChI is InChI=1S/C15H18N4O4/c1-2-22-15(21)13(20)19-10-3-5-11(6-4-10)23-14-12(9-16)17-7-8-18-14/h7-8,10-11H,2-6H2,1H3,(H,19,20). The largest absolute Gasteiger partial charge is 0.472 e. The minimum atomic E-state index is -0.857. The minimum absolute atomic E-state index is 0.0796. The number of hydrogen-bond donors (Lipinski definition) is 1. The van der Waals surface area contributed by atoms with Crippen molar-refractivity contribution in [2.24, 2.45) is 0 Å². The van der Waals surface area contributed by atoms with Gasteiger partial charge in [0.05, 0.1) is 6.61 Å². The summed E-state index contributed by atoms with van der Waals surface area (Å²) in [6.07, 6.45) is 5.56. The normalized spacial score (nSPS) is 20.2. The average molecular weight is 318 g/mol. The van der Waals surface area contributed by atoms with E-state index < -0.39 is 11.9 Å². The SMILES string of the molecule is CCOC(=O)C(=O)NC1CCC(Oc2nccnc2C#N)CC1. The molecule has 8 nitrogen and oxygen atoms in total. The summed E-state index contributed by atoms with van der Waals surface area (Å²) in [4.78, 5) is 30.8. The lowest BCUT2D eigenvalue weighted by molar-refractivity contribution is -0.155. The fourth-order valence-corrected chi connectivity index (χ4v) is 2.41. The number of nitrogens with one attached hydrogen (secondary N) is 1. The minimum Gasteiger partial charge on any atom is -0.472 e. The molecule has 0 aliphatic heterocycles. The number of hydrogen-bond acceptors (Lipinski definition) is 7. The highest BCUT2D eigenvalue weighted by molar-refractivity contribution is 6.32. The number of nitriles is 1. The molecule has 0 bridgehead atoms. The van der Waals surface area contributed by atoms with Crippen molar-refractivity contribution in [1.82, 2.24) is 15.3 Å². The van der Waals surface area contributed by atoms with Crippen LogP contribution in [0.5, 0.6) is 5.88 Å². The van der Waals surface area contributed by atoms with Crippen molar-refractivity contribution in [3.63, 3.8) is 0 Å². The van der Waals surface area contributed by atoms with E-state index in [0.717, 1.165) is 0 Å². The van der Waals surface area contributed by atoms with Gasteiger partial charge < -0.3 is 14.8 Å². The zero-order valence-electron chi connectivity index (χ0n) is 12.8. The molecule has 0 aromatic carbocycles. The van der Waals surface area contributed by atoms with E-state index in [-0.39, 0.29) is 30.3 Å². The predicted octanol–water partition coefficient (Wildman–Crippen LogP) is 0.718. The molecule has 2 rings (SSSR count). The van der Waals surface area contributed by atoms with Crippen LogP contribution in [-0.2, 0) is 14.3 Å². The van der Waals surface area contributed by atoms with Gasteiger partial charge in [0.2, 0.25) is 5.69 Å². The van der Waals surface area contributed by atoms with Crippen LogP contribution in [0.15, 0.2) is 12.4 Å². The number of rotatable bonds is 4. The highest BCUT2D eigenvalue weighted by Gasteiger charge is 2.26. The van der Waals surface area contributed by atoms with Crippen molar-refractivity contribution < 1.29 is 19.1 Å². The molecule has 0 radical (unpaired) electrons. The van der Waals surface area contributed by atoms with Gasteiger partial charge in [-0.1, -0.05) is 0 Å². The summed E-state index contributed by atoms with van der Waals surface area (Å²) in [6, 6.07) is 1.86. The Hall–Kier alpha value is -2.69. The summed E-state index contributed by atoms with van der Waals surface area (Å²) in [7, 11) is 0. The van der Waals surface area contributed by atoms with Gasteiger partial charge in [-0.25, -0.2) is 14.8 Å². The van der Waals surface area contributed by atoms with E-state index in [9.17, 15) is 9.59 Å². The average Bonchev–Trinajstić information content (AvgIpc) is 2.57. The van der Waals surface area contributed by atoms with Gasteiger partial charge in [-0.05, 0) is 32.6 Å². The van der Waals surface area contributed by atoms with Crippen LogP contribution in [0.1, 0.15) is 38.3 Å². The number of esters is 1. The van der Waals surface area contributed by atoms with Crippen LogP contribution in [0.4, 0.5) is 0 Å². The Morgan fingerprint density at radius 3 is 2.65 bits per heavy atom. The molecule has 1 aromatic heterocycles. The molecule has 1 heterocycles. The Morgan fingerprint density at radius 1 is 1.30 bits per heavy atom. The predicted molar refractivity (Wildman–Crippen MR) is 78.2 cm³/mol. The van der Waals surface area contributed by atoms with Crippen molar-refractivity contribution >= 4 is 11.9 Å². The Balaban J connectivity index is 1.81. The monoisotopic (exact) mass is 318 g/mol. The zero-order valence-corrected chi connectivity index (χ0v) is 12.8. The van der Waals surface area contributed by atoms with E-state index in [2.05, 4.69) is 20.0 Å². The molecule has 1 N–H and O–H groups in total. The van der Waals surface area contributed by atoms with Crippen molar-refractivity contribution in [3.8, 4) is 11.9 Å². The van der Waals surface area contributed by atoms with Crippen LogP contribution in [0.25, 0.3) is 0 Å². The van der Waals surface area contributed by atoms with Crippen molar-refractivity contribution in [1.29, 1.82) is 5.26 Å².